The van der Waals surface area contributed by atoms with Crippen LogP contribution in [0.3, 0.4) is 0 Å². The summed E-state index contributed by atoms with van der Waals surface area (Å²) in [6.07, 6.45) is 8.93. The molecule has 1 aromatic carbocycles. The summed E-state index contributed by atoms with van der Waals surface area (Å²) in [5.74, 6) is -0.145. The number of hydrogen-bond acceptors (Lipinski definition) is 2. The van der Waals surface area contributed by atoms with Crippen molar-refractivity contribution in [2.45, 2.75) is 84.7 Å². The lowest BCUT2D eigenvalue weighted by molar-refractivity contribution is -0.145. The quantitative estimate of drug-likeness (QED) is 0.480. The van der Waals surface area contributed by atoms with Gasteiger partial charge in [0, 0.05) is 0 Å². The zero-order valence-corrected chi connectivity index (χ0v) is 16.2. The molecule has 0 saturated carbocycles. The van der Waals surface area contributed by atoms with Gasteiger partial charge in [0.15, 0.2) is 6.10 Å². The molecular formula is C20H33ClO3. The molecule has 0 radical (unpaired) electrons. The average molecular weight is 357 g/mol. The SMILES string of the molecule is CCCCCc1ccc(OC(CC)C(=O)O)c(CCCCC)c1.Cl. The van der Waals surface area contributed by atoms with E-state index in [9.17, 15) is 9.90 Å². The molecule has 0 aliphatic carbocycles. The van der Waals surface area contributed by atoms with Crippen molar-refractivity contribution in [2.24, 2.45) is 0 Å². The monoisotopic (exact) mass is 356 g/mol. The normalized spacial score (nSPS) is 11.6. The van der Waals surface area contributed by atoms with Crippen LogP contribution in [-0.4, -0.2) is 17.2 Å². The van der Waals surface area contributed by atoms with Crippen molar-refractivity contribution in [3.8, 4) is 5.75 Å². The molecule has 0 spiro atoms. The second-order valence-corrected chi connectivity index (χ2v) is 6.21. The first-order chi connectivity index (χ1) is 11.1. The molecule has 1 unspecified atom stereocenters. The zero-order chi connectivity index (χ0) is 17.1. The minimum absolute atomic E-state index is 0. The first kappa shape index (κ1) is 22.8. The second-order valence-electron chi connectivity index (χ2n) is 6.21. The van der Waals surface area contributed by atoms with Gasteiger partial charge in [-0.2, -0.15) is 0 Å². The number of carboxylic acids is 1. The summed E-state index contributed by atoms with van der Waals surface area (Å²) in [5.41, 5.74) is 2.49. The van der Waals surface area contributed by atoms with Gasteiger partial charge in [-0.05, 0) is 49.3 Å². The highest BCUT2D eigenvalue weighted by atomic mass is 35.5. The van der Waals surface area contributed by atoms with Gasteiger partial charge in [0.25, 0.3) is 0 Å². The van der Waals surface area contributed by atoms with Crippen LogP contribution in [0.1, 0.15) is 76.8 Å². The van der Waals surface area contributed by atoms with Crippen molar-refractivity contribution < 1.29 is 14.6 Å². The van der Waals surface area contributed by atoms with Gasteiger partial charge in [0.2, 0.25) is 0 Å². The molecule has 4 heteroatoms. The lowest BCUT2D eigenvalue weighted by Crippen LogP contribution is -2.26. The molecule has 1 rings (SSSR count). The number of ether oxygens (including phenoxy) is 1. The minimum Gasteiger partial charge on any atom is -0.479 e. The van der Waals surface area contributed by atoms with Crippen LogP contribution in [-0.2, 0) is 17.6 Å². The summed E-state index contributed by atoms with van der Waals surface area (Å²) in [6.45, 7) is 6.24. The third kappa shape index (κ3) is 8.05. The molecule has 138 valence electrons. The van der Waals surface area contributed by atoms with Gasteiger partial charge in [-0.3, -0.25) is 0 Å². The highest BCUT2D eigenvalue weighted by Crippen LogP contribution is 2.25. The van der Waals surface area contributed by atoms with E-state index in [1.54, 1.807) is 0 Å². The van der Waals surface area contributed by atoms with Crippen molar-refractivity contribution in [3.05, 3.63) is 29.3 Å². The van der Waals surface area contributed by atoms with Crippen LogP contribution in [0.5, 0.6) is 5.75 Å². The third-order valence-electron chi connectivity index (χ3n) is 4.16. The van der Waals surface area contributed by atoms with E-state index in [1.807, 2.05) is 13.0 Å². The Morgan fingerprint density at radius 1 is 1.04 bits per heavy atom. The Labute approximate surface area is 153 Å². The third-order valence-corrected chi connectivity index (χ3v) is 4.16. The van der Waals surface area contributed by atoms with Gasteiger partial charge in [0.1, 0.15) is 5.75 Å². The van der Waals surface area contributed by atoms with E-state index < -0.39 is 12.1 Å². The zero-order valence-electron chi connectivity index (χ0n) is 15.3. The van der Waals surface area contributed by atoms with Crippen LogP contribution in [0, 0.1) is 0 Å². The van der Waals surface area contributed by atoms with E-state index in [2.05, 4.69) is 26.0 Å². The maximum Gasteiger partial charge on any atom is 0.344 e. The van der Waals surface area contributed by atoms with E-state index in [0.29, 0.717) is 6.42 Å². The molecule has 0 fully saturated rings. The molecule has 0 amide bonds. The Bertz CT molecular complexity index is 474. The summed E-state index contributed by atoms with van der Waals surface area (Å²) in [5, 5.41) is 9.21. The Hall–Kier alpha value is -1.22. The van der Waals surface area contributed by atoms with Crippen LogP contribution in [0.4, 0.5) is 0 Å². The molecule has 0 aliphatic heterocycles. The number of rotatable bonds is 12. The van der Waals surface area contributed by atoms with Crippen molar-refractivity contribution in [2.75, 3.05) is 0 Å². The fourth-order valence-corrected chi connectivity index (χ4v) is 2.70. The molecule has 1 N–H and O–H groups in total. The minimum atomic E-state index is -0.890. The number of unbranched alkanes of at least 4 members (excludes halogenated alkanes) is 4. The molecule has 0 saturated heterocycles. The Morgan fingerprint density at radius 3 is 2.21 bits per heavy atom. The number of halogens is 1. The molecule has 0 aromatic heterocycles. The Morgan fingerprint density at radius 2 is 1.67 bits per heavy atom. The standard InChI is InChI=1S/C20H32O3.ClH/c1-4-7-9-11-16-13-14-19(23-18(6-3)20(21)22)17(15-16)12-10-8-5-2;/h13-15,18H,4-12H2,1-3H3,(H,21,22);1H. The van der Waals surface area contributed by atoms with Crippen LogP contribution in [0.2, 0.25) is 0 Å². The van der Waals surface area contributed by atoms with E-state index in [4.69, 9.17) is 4.74 Å². The smallest absolute Gasteiger partial charge is 0.344 e. The van der Waals surface area contributed by atoms with Crippen molar-refractivity contribution in [1.82, 2.24) is 0 Å². The summed E-state index contributed by atoms with van der Waals surface area (Å²) in [4.78, 5) is 11.2. The average Bonchev–Trinajstić information content (AvgIpc) is 2.54. The number of aryl methyl sites for hydroxylation is 2. The molecule has 0 heterocycles. The molecule has 0 aliphatic rings. The summed E-state index contributed by atoms with van der Waals surface area (Å²) < 4.78 is 5.77. The predicted molar refractivity (Wildman–Crippen MR) is 102 cm³/mol. The largest absolute Gasteiger partial charge is 0.479 e. The lowest BCUT2D eigenvalue weighted by atomic mass is 10.00. The van der Waals surface area contributed by atoms with E-state index in [-0.39, 0.29) is 12.4 Å². The molecule has 24 heavy (non-hydrogen) atoms. The molecule has 3 nitrogen and oxygen atoms in total. The fourth-order valence-electron chi connectivity index (χ4n) is 2.70. The van der Waals surface area contributed by atoms with Crippen molar-refractivity contribution in [1.29, 1.82) is 0 Å². The topological polar surface area (TPSA) is 46.5 Å². The van der Waals surface area contributed by atoms with E-state index in [1.165, 1.54) is 37.7 Å². The first-order valence-electron chi connectivity index (χ1n) is 9.13. The van der Waals surface area contributed by atoms with Gasteiger partial charge in [-0.25, -0.2) is 4.79 Å². The molecule has 1 aromatic rings. The van der Waals surface area contributed by atoms with Gasteiger partial charge >= 0.3 is 5.97 Å². The van der Waals surface area contributed by atoms with Crippen LogP contribution >= 0.6 is 12.4 Å². The number of carbonyl (C=O) groups is 1. The maximum absolute atomic E-state index is 11.2. The van der Waals surface area contributed by atoms with Gasteiger partial charge < -0.3 is 9.84 Å². The van der Waals surface area contributed by atoms with Gasteiger partial charge in [-0.1, -0.05) is 58.6 Å². The number of aliphatic carboxylic acids is 1. The maximum atomic E-state index is 11.2. The molecular weight excluding hydrogens is 324 g/mol. The van der Waals surface area contributed by atoms with Crippen LogP contribution in [0.15, 0.2) is 18.2 Å². The highest BCUT2D eigenvalue weighted by molar-refractivity contribution is 5.85. The highest BCUT2D eigenvalue weighted by Gasteiger charge is 2.18. The van der Waals surface area contributed by atoms with Crippen LogP contribution in [0.25, 0.3) is 0 Å². The van der Waals surface area contributed by atoms with E-state index in [0.717, 1.165) is 30.6 Å². The lowest BCUT2D eigenvalue weighted by Gasteiger charge is -2.17. The summed E-state index contributed by atoms with van der Waals surface area (Å²) in [7, 11) is 0. The molecule has 0 bridgehead atoms. The Kier molecular flexibility index (Phi) is 12.4. The van der Waals surface area contributed by atoms with Gasteiger partial charge in [-0.15, -0.1) is 12.4 Å². The number of benzene rings is 1. The fraction of sp³-hybridized carbons (Fsp3) is 0.650. The first-order valence-corrected chi connectivity index (χ1v) is 9.13. The summed E-state index contributed by atoms with van der Waals surface area (Å²) in [6, 6.07) is 6.27. The van der Waals surface area contributed by atoms with Crippen molar-refractivity contribution >= 4 is 18.4 Å². The number of carboxylic acid groups (broad SMARTS) is 1. The van der Waals surface area contributed by atoms with E-state index >= 15 is 0 Å². The molecule has 1 atom stereocenters. The Balaban J connectivity index is 0.00000529. The predicted octanol–water partition coefficient (Wildman–Crippen LogP) is 5.82. The second kappa shape index (κ2) is 13.1. The van der Waals surface area contributed by atoms with Crippen LogP contribution < -0.4 is 4.74 Å². The van der Waals surface area contributed by atoms with Gasteiger partial charge in [0.05, 0.1) is 0 Å². The van der Waals surface area contributed by atoms with Crippen molar-refractivity contribution in [3.63, 3.8) is 0 Å². The number of hydrogen-bond donors (Lipinski definition) is 1. The summed E-state index contributed by atoms with van der Waals surface area (Å²) >= 11 is 0.